The molecule has 0 atom stereocenters. The van der Waals surface area contributed by atoms with E-state index in [9.17, 15) is 14.9 Å². The predicted octanol–water partition coefficient (Wildman–Crippen LogP) is 1.81. The van der Waals surface area contributed by atoms with Gasteiger partial charge in [0.05, 0.1) is 6.42 Å². The lowest BCUT2D eigenvalue weighted by Crippen LogP contribution is -2.07. The fraction of sp³-hybridized carbons (Fsp3) is 0.300. The monoisotopic (exact) mass is 241 g/mol. The second-order valence-corrected chi connectivity index (χ2v) is 4.08. The lowest BCUT2D eigenvalue weighted by Gasteiger charge is -2.06. The SMILES string of the molecule is CSc1ccc(C[N+](=O)[O-])c(CC(=O)O)c1. The van der Waals surface area contributed by atoms with Crippen molar-refractivity contribution in [3.8, 4) is 0 Å². The maximum Gasteiger partial charge on any atom is 0.307 e. The molecular formula is C10H11NO4S. The molecule has 1 aromatic carbocycles. The molecule has 0 aliphatic carbocycles. The Morgan fingerprint density at radius 1 is 1.50 bits per heavy atom. The van der Waals surface area contributed by atoms with E-state index in [1.165, 1.54) is 11.8 Å². The van der Waals surface area contributed by atoms with Crippen molar-refractivity contribution in [3.63, 3.8) is 0 Å². The van der Waals surface area contributed by atoms with Crippen LogP contribution >= 0.6 is 11.8 Å². The van der Waals surface area contributed by atoms with Gasteiger partial charge < -0.3 is 5.11 Å². The van der Waals surface area contributed by atoms with Gasteiger partial charge in [0.1, 0.15) is 0 Å². The topological polar surface area (TPSA) is 80.4 Å². The summed E-state index contributed by atoms with van der Waals surface area (Å²) in [6.45, 7) is -0.336. The van der Waals surface area contributed by atoms with Gasteiger partial charge in [0.25, 0.3) is 0 Å². The van der Waals surface area contributed by atoms with Gasteiger partial charge in [-0.05, 0) is 24.0 Å². The summed E-state index contributed by atoms with van der Waals surface area (Å²) in [6, 6.07) is 5.07. The molecule has 1 N–H and O–H groups in total. The van der Waals surface area contributed by atoms with Gasteiger partial charge in [-0.1, -0.05) is 6.07 Å². The number of aliphatic carboxylic acids is 1. The van der Waals surface area contributed by atoms with Crippen LogP contribution in [-0.2, 0) is 17.8 Å². The average molecular weight is 241 g/mol. The van der Waals surface area contributed by atoms with E-state index >= 15 is 0 Å². The van der Waals surface area contributed by atoms with Crippen molar-refractivity contribution in [2.24, 2.45) is 0 Å². The molecule has 0 spiro atoms. The summed E-state index contributed by atoms with van der Waals surface area (Å²) in [5.41, 5.74) is 0.973. The fourth-order valence-electron chi connectivity index (χ4n) is 1.35. The van der Waals surface area contributed by atoms with Crippen LogP contribution in [0.4, 0.5) is 0 Å². The summed E-state index contributed by atoms with van der Waals surface area (Å²) in [5, 5.41) is 19.1. The minimum absolute atomic E-state index is 0.183. The van der Waals surface area contributed by atoms with Crippen LogP contribution in [0.2, 0.25) is 0 Å². The smallest absolute Gasteiger partial charge is 0.307 e. The number of thioether (sulfide) groups is 1. The van der Waals surface area contributed by atoms with E-state index in [2.05, 4.69) is 0 Å². The van der Waals surface area contributed by atoms with Crippen LogP contribution in [0.15, 0.2) is 23.1 Å². The summed E-state index contributed by atoms with van der Waals surface area (Å²) in [4.78, 5) is 21.5. The first-order valence-electron chi connectivity index (χ1n) is 4.52. The van der Waals surface area contributed by atoms with Crippen molar-refractivity contribution in [2.45, 2.75) is 17.9 Å². The lowest BCUT2D eigenvalue weighted by molar-refractivity contribution is -0.496. The molecule has 0 aliphatic heterocycles. The van der Waals surface area contributed by atoms with Gasteiger partial charge in [-0.15, -0.1) is 11.8 Å². The summed E-state index contributed by atoms with van der Waals surface area (Å²) < 4.78 is 0. The zero-order valence-corrected chi connectivity index (χ0v) is 9.49. The van der Waals surface area contributed by atoms with Gasteiger partial charge in [-0.3, -0.25) is 14.9 Å². The number of benzene rings is 1. The summed E-state index contributed by atoms with van der Waals surface area (Å²) in [5.74, 6) is -0.983. The Hall–Kier alpha value is -1.56. The van der Waals surface area contributed by atoms with Crippen molar-refractivity contribution < 1.29 is 14.8 Å². The van der Waals surface area contributed by atoms with Crippen molar-refractivity contribution in [3.05, 3.63) is 39.4 Å². The van der Waals surface area contributed by atoms with Crippen LogP contribution in [0, 0.1) is 10.1 Å². The highest BCUT2D eigenvalue weighted by Crippen LogP contribution is 2.20. The number of rotatable bonds is 5. The van der Waals surface area contributed by atoms with Gasteiger partial charge in [-0.25, -0.2) is 0 Å². The Morgan fingerprint density at radius 2 is 2.19 bits per heavy atom. The Bertz CT molecular complexity index is 419. The molecule has 0 fully saturated rings. The van der Waals surface area contributed by atoms with Crippen LogP contribution in [0.1, 0.15) is 11.1 Å². The van der Waals surface area contributed by atoms with Gasteiger partial charge >= 0.3 is 5.97 Å². The highest BCUT2D eigenvalue weighted by Gasteiger charge is 2.11. The zero-order chi connectivity index (χ0) is 12.1. The van der Waals surface area contributed by atoms with Crippen molar-refractivity contribution in [1.29, 1.82) is 0 Å². The second-order valence-electron chi connectivity index (χ2n) is 3.20. The Kier molecular flexibility index (Phi) is 4.30. The van der Waals surface area contributed by atoms with Crippen LogP contribution in [0.25, 0.3) is 0 Å². The minimum atomic E-state index is -0.983. The van der Waals surface area contributed by atoms with Crippen LogP contribution in [0.5, 0.6) is 0 Å². The number of carboxylic acid groups (broad SMARTS) is 1. The van der Waals surface area contributed by atoms with Crippen LogP contribution < -0.4 is 0 Å². The largest absolute Gasteiger partial charge is 0.481 e. The molecule has 0 saturated carbocycles. The molecule has 0 radical (unpaired) electrons. The van der Waals surface area contributed by atoms with Gasteiger partial charge in [0.2, 0.25) is 6.54 Å². The molecule has 86 valence electrons. The maximum atomic E-state index is 10.6. The Balaban J connectivity index is 3.05. The second kappa shape index (κ2) is 5.50. The predicted molar refractivity (Wildman–Crippen MR) is 60.3 cm³/mol. The van der Waals surface area contributed by atoms with E-state index in [4.69, 9.17) is 5.11 Å². The molecule has 0 heterocycles. The third-order valence-electron chi connectivity index (χ3n) is 2.05. The third-order valence-corrected chi connectivity index (χ3v) is 2.78. The van der Waals surface area contributed by atoms with E-state index in [0.29, 0.717) is 11.1 Å². The van der Waals surface area contributed by atoms with Crippen molar-refractivity contribution in [2.75, 3.05) is 6.26 Å². The number of nitro groups is 1. The first-order valence-corrected chi connectivity index (χ1v) is 5.74. The van der Waals surface area contributed by atoms with E-state index < -0.39 is 10.9 Å². The van der Waals surface area contributed by atoms with E-state index in [1.807, 2.05) is 6.26 Å². The first-order chi connectivity index (χ1) is 7.52. The normalized spacial score (nSPS) is 10.1. The molecule has 0 amide bonds. The number of hydrogen-bond acceptors (Lipinski definition) is 4. The lowest BCUT2D eigenvalue weighted by atomic mass is 10.0. The fourth-order valence-corrected chi connectivity index (χ4v) is 1.81. The highest BCUT2D eigenvalue weighted by molar-refractivity contribution is 7.98. The standard InChI is InChI=1S/C10H11NO4S/c1-16-9-3-2-7(6-11(14)15)8(4-9)5-10(12)13/h2-4H,5-6H2,1H3,(H,12,13). The van der Waals surface area contributed by atoms with Gasteiger partial charge in [0.15, 0.2) is 0 Å². The first kappa shape index (κ1) is 12.5. The molecule has 0 saturated heterocycles. The summed E-state index contributed by atoms with van der Waals surface area (Å²) in [6.07, 6.45) is 1.69. The van der Waals surface area contributed by atoms with E-state index in [1.54, 1.807) is 18.2 Å². The molecule has 1 aromatic rings. The van der Waals surface area contributed by atoms with E-state index in [-0.39, 0.29) is 13.0 Å². The molecule has 6 heteroatoms. The number of hydrogen-bond donors (Lipinski definition) is 1. The van der Waals surface area contributed by atoms with Crippen LogP contribution in [0.3, 0.4) is 0 Å². The Labute approximate surface area is 96.6 Å². The maximum absolute atomic E-state index is 10.6. The number of carbonyl (C=O) groups is 1. The molecule has 0 bridgehead atoms. The average Bonchev–Trinajstić information content (AvgIpc) is 2.19. The third kappa shape index (κ3) is 3.54. The highest BCUT2D eigenvalue weighted by atomic mass is 32.2. The molecule has 0 aliphatic rings. The molecule has 1 rings (SSSR count). The van der Waals surface area contributed by atoms with Crippen molar-refractivity contribution >= 4 is 17.7 Å². The molecule has 0 aromatic heterocycles. The minimum Gasteiger partial charge on any atom is -0.481 e. The molecule has 5 nitrogen and oxygen atoms in total. The molecule has 16 heavy (non-hydrogen) atoms. The van der Waals surface area contributed by atoms with Gasteiger partial charge in [0, 0.05) is 15.4 Å². The summed E-state index contributed by atoms with van der Waals surface area (Å²) >= 11 is 1.47. The zero-order valence-electron chi connectivity index (χ0n) is 8.67. The number of carboxylic acids is 1. The van der Waals surface area contributed by atoms with E-state index in [0.717, 1.165) is 4.90 Å². The number of nitrogens with zero attached hydrogens (tertiary/aromatic N) is 1. The summed E-state index contributed by atoms with van der Waals surface area (Å²) in [7, 11) is 0. The van der Waals surface area contributed by atoms with Gasteiger partial charge in [-0.2, -0.15) is 0 Å². The van der Waals surface area contributed by atoms with Crippen LogP contribution in [-0.4, -0.2) is 22.3 Å². The molecular weight excluding hydrogens is 230 g/mol. The molecule has 0 unspecified atom stereocenters. The quantitative estimate of drug-likeness (QED) is 0.483. The Morgan fingerprint density at radius 3 is 2.69 bits per heavy atom. The van der Waals surface area contributed by atoms with Crippen molar-refractivity contribution in [1.82, 2.24) is 0 Å².